The van der Waals surface area contributed by atoms with Crippen LogP contribution in [0.15, 0.2) is 54.6 Å². The van der Waals surface area contributed by atoms with Gasteiger partial charge < -0.3 is 20.1 Å². The highest BCUT2D eigenvalue weighted by atomic mass is 16.5. The Bertz CT molecular complexity index is 674. The Morgan fingerprint density at radius 2 is 1.62 bits per heavy atom. The Morgan fingerprint density at radius 1 is 0.917 bits per heavy atom. The fraction of sp³-hybridized carbons (Fsp3) is 0.222. The SMILES string of the molecule is COc1cccc(C(=O)NCCNC(=O)COc2ccccc2)c1. The summed E-state index contributed by atoms with van der Waals surface area (Å²) < 4.78 is 10.4. The second-order valence-electron chi connectivity index (χ2n) is 4.94. The predicted molar refractivity (Wildman–Crippen MR) is 90.3 cm³/mol. The standard InChI is InChI=1S/C18H20N2O4/c1-23-16-9-5-6-14(12-16)18(22)20-11-10-19-17(21)13-24-15-7-3-2-4-8-15/h2-9,12H,10-11,13H2,1H3,(H,19,21)(H,20,22). The van der Waals surface area contributed by atoms with E-state index in [1.807, 2.05) is 18.2 Å². The average Bonchev–Trinajstić information content (AvgIpc) is 2.64. The van der Waals surface area contributed by atoms with Gasteiger partial charge in [-0.1, -0.05) is 24.3 Å². The van der Waals surface area contributed by atoms with Crippen LogP contribution in [-0.2, 0) is 4.79 Å². The van der Waals surface area contributed by atoms with Crippen LogP contribution in [0.5, 0.6) is 11.5 Å². The van der Waals surface area contributed by atoms with Crippen molar-refractivity contribution in [1.29, 1.82) is 0 Å². The number of methoxy groups -OCH3 is 1. The van der Waals surface area contributed by atoms with Gasteiger partial charge in [-0.25, -0.2) is 0 Å². The molecule has 0 fully saturated rings. The molecular formula is C18H20N2O4. The molecule has 2 aromatic carbocycles. The van der Waals surface area contributed by atoms with Crippen LogP contribution in [-0.4, -0.2) is 38.6 Å². The van der Waals surface area contributed by atoms with E-state index >= 15 is 0 Å². The van der Waals surface area contributed by atoms with Gasteiger partial charge in [0.2, 0.25) is 0 Å². The number of hydrogen-bond donors (Lipinski definition) is 2. The van der Waals surface area contributed by atoms with Gasteiger partial charge in [-0.2, -0.15) is 0 Å². The summed E-state index contributed by atoms with van der Waals surface area (Å²) in [6.07, 6.45) is 0. The third-order valence-corrected chi connectivity index (χ3v) is 3.18. The third-order valence-electron chi connectivity index (χ3n) is 3.18. The molecule has 0 aliphatic heterocycles. The molecule has 24 heavy (non-hydrogen) atoms. The number of carbonyl (C=O) groups is 2. The van der Waals surface area contributed by atoms with E-state index in [-0.39, 0.29) is 18.4 Å². The first-order chi connectivity index (χ1) is 11.7. The van der Waals surface area contributed by atoms with Gasteiger partial charge in [-0.3, -0.25) is 9.59 Å². The number of benzene rings is 2. The van der Waals surface area contributed by atoms with Gasteiger partial charge in [-0.15, -0.1) is 0 Å². The molecule has 0 bridgehead atoms. The zero-order valence-corrected chi connectivity index (χ0v) is 13.5. The number of rotatable bonds is 8. The third kappa shape index (κ3) is 5.64. The van der Waals surface area contributed by atoms with Crippen LogP contribution < -0.4 is 20.1 Å². The van der Waals surface area contributed by atoms with E-state index in [4.69, 9.17) is 9.47 Å². The molecule has 0 spiro atoms. The maximum absolute atomic E-state index is 12.0. The number of hydrogen-bond acceptors (Lipinski definition) is 4. The van der Waals surface area contributed by atoms with E-state index in [1.54, 1.807) is 43.5 Å². The van der Waals surface area contributed by atoms with Gasteiger partial charge in [0.05, 0.1) is 7.11 Å². The summed E-state index contributed by atoms with van der Waals surface area (Å²) >= 11 is 0. The largest absolute Gasteiger partial charge is 0.497 e. The van der Waals surface area contributed by atoms with E-state index in [2.05, 4.69) is 10.6 Å². The minimum Gasteiger partial charge on any atom is -0.497 e. The predicted octanol–water partition coefficient (Wildman–Crippen LogP) is 1.62. The van der Waals surface area contributed by atoms with Gasteiger partial charge in [0, 0.05) is 18.7 Å². The topological polar surface area (TPSA) is 76.7 Å². The monoisotopic (exact) mass is 328 g/mol. The molecular weight excluding hydrogens is 308 g/mol. The lowest BCUT2D eigenvalue weighted by Crippen LogP contribution is -2.36. The molecule has 0 saturated heterocycles. The number of nitrogens with one attached hydrogen (secondary N) is 2. The lowest BCUT2D eigenvalue weighted by molar-refractivity contribution is -0.123. The van der Waals surface area contributed by atoms with Crippen LogP contribution in [0, 0.1) is 0 Å². The van der Waals surface area contributed by atoms with Crippen molar-refractivity contribution in [3.05, 3.63) is 60.2 Å². The van der Waals surface area contributed by atoms with Crippen molar-refractivity contribution in [2.45, 2.75) is 0 Å². The number of amides is 2. The minimum absolute atomic E-state index is 0.0617. The molecule has 0 aliphatic carbocycles. The Kier molecular flexibility index (Phi) is 6.64. The van der Waals surface area contributed by atoms with Gasteiger partial charge in [0.1, 0.15) is 11.5 Å². The summed E-state index contributed by atoms with van der Waals surface area (Å²) in [5.74, 6) is 0.797. The maximum atomic E-state index is 12.0. The first-order valence-corrected chi connectivity index (χ1v) is 7.56. The molecule has 0 radical (unpaired) electrons. The second-order valence-corrected chi connectivity index (χ2v) is 4.94. The second kappa shape index (κ2) is 9.19. The first kappa shape index (κ1) is 17.3. The molecule has 0 aromatic heterocycles. The first-order valence-electron chi connectivity index (χ1n) is 7.56. The Hall–Kier alpha value is -3.02. The Morgan fingerprint density at radius 3 is 2.38 bits per heavy atom. The van der Waals surface area contributed by atoms with Crippen LogP contribution in [0.4, 0.5) is 0 Å². The van der Waals surface area contributed by atoms with Crippen LogP contribution in [0.3, 0.4) is 0 Å². The highest BCUT2D eigenvalue weighted by Crippen LogP contribution is 2.12. The Balaban J connectivity index is 1.65. The van der Waals surface area contributed by atoms with Gasteiger partial charge in [0.15, 0.2) is 6.61 Å². The van der Waals surface area contributed by atoms with Gasteiger partial charge in [-0.05, 0) is 30.3 Å². The van der Waals surface area contributed by atoms with E-state index in [1.165, 1.54) is 0 Å². The molecule has 0 saturated carbocycles. The average molecular weight is 328 g/mol. The van der Waals surface area contributed by atoms with E-state index in [0.29, 0.717) is 30.2 Å². The van der Waals surface area contributed by atoms with Crippen molar-refractivity contribution in [1.82, 2.24) is 10.6 Å². The van der Waals surface area contributed by atoms with Crippen LogP contribution >= 0.6 is 0 Å². The van der Waals surface area contributed by atoms with Crippen molar-refractivity contribution in [3.63, 3.8) is 0 Å². The summed E-state index contributed by atoms with van der Waals surface area (Å²) in [5.41, 5.74) is 0.507. The fourth-order valence-electron chi connectivity index (χ4n) is 1.96. The number of carbonyl (C=O) groups excluding carboxylic acids is 2. The molecule has 126 valence electrons. The van der Waals surface area contributed by atoms with E-state index < -0.39 is 0 Å². The summed E-state index contributed by atoms with van der Waals surface area (Å²) in [7, 11) is 1.55. The van der Waals surface area contributed by atoms with Crippen molar-refractivity contribution in [2.75, 3.05) is 26.8 Å². The maximum Gasteiger partial charge on any atom is 0.258 e. The molecule has 2 rings (SSSR count). The zero-order chi connectivity index (χ0) is 17.2. The van der Waals surface area contributed by atoms with Crippen molar-refractivity contribution in [2.24, 2.45) is 0 Å². The number of para-hydroxylation sites is 1. The normalized spacial score (nSPS) is 9.88. The molecule has 2 N–H and O–H groups in total. The van der Waals surface area contributed by atoms with Gasteiger partial charge in [0.25, 0.3) is 11.8 Å². The number of ether oxygens (including phenoxy) is 2. The lowest BCUT2D eigenvalue weighted by Gasteiger charge is -2.09. The van der Waals surface area contributed by atoms with E-state index in [9.17, 15) is 9.59 Å². The van der Waals surface area contributed by atoms with Crippen molar-refractivity contribution >= 4 is 11.8 Å². The quantitative estimate of drug-likeness (QED) is 0.722. The summed E-state index contributed by atoms with van der Waals surface area (Å²) in [6.45, 7) is 0.591. The van der Waals surface area contributed by atoms with Crippen LogP contribution in [0.25, 0.3) is 0 Å². The highest BCUT2D eigenvalue weighted by molar-refractivity contribution is 5.94. The highest BCUT2D eigenvalue weighted by Gasteiger charge is 2.06. The van der Waals surface area contributed by atoms with Crippen molar-refractivity contribution < 1.29 is 19.1 Å². The fourth-order valence-corrected chi connectivity index (χ4v) is 1.96. The van der Waals surface area contributed by atoms with Gasteiger partial charge >= 0.3 is 0 Å². The minimum atomic E-state index is -0.241. The molecule has 2 amide bonds. The summed E-state index contributed by atoms with van der Waals surface area (Å²) in [4.78, 5) is 23.6. The molecule has 0 atom stereocenters. The van der Waals surface area contributed by atoms with Crippen molar-refractivity contribution in [3.8, 4) is 11.5 Å². The molecule has 2 aromatic rings. The lowest BCUT2D eigenvalue weighted by atomic mass is 10.2. The molecule has 0 unspecified atom stereocenters. The Labute approximate surface area is 140 Å². The molecule has 6 heteroatoms. The smallest absolute Gasteiger partial charge is 0.258 e. The summed E-state index contributed by atoms with van der Waals surface area (Å²) in [5, 5.41) is 5.41. The molecule has 0 heterocycles. The summed E-state index contributed by atoms with van der Waals surface area (Å²) in [6, 6.07) is 16.0. The molecule has 0 aliphatic rings. The van der Waals surface area contributed by atoms with Crippen LogP contribution in [0.2, 0.25) is 0 Å². The van der Waals surface area contributed by atoms with E-state index in [0.717, 1.165) is 0 Å². The van der Waals surface area contributed by atoms with Crippen LogP contribution in [0.1, 0.15) is 10.4 Å². The molecule has 6 nitrogen and oxygen atoms in total. The zero-order valence-electron chi connectivity index (χ0n) is 13.5.